The van der Waals surface area contributed by atoms with Gasteiger partial charge in [-0.1, -0.05) is 12.2 Å². The van der Waals surface area contributed by atoms with Crippen LogP contribution in [0.2, 0.25) is 0 Å². The molecular formula is C12H17N3O2. The topological polar surface area (TPSA) is 70.1 Å². The van der Waals surface area contributed by atoms with Crippen LogP contribution in [0.1, 0.15) is 23.8 Å². The highest BCUT2D eigenvalue weighted by Crippen LogP contribution is 2.26. The smallest absolute Gasteiger partial charge is 0.191 e. The van der Waals surface area contributed by atoms with Crippen LogP contribution in [-0.4, -0.2) is 28.7 Å². The highest BCUT2D eigenvalue weighted by molar-refractivity contribution is 6.00. The van der Waals surface area contributed by atoms with Gasteiger partial charge in [0.25, 0.3) is 0 Å². The van der Waals surface area contributed by atoms with Crippen molar-refractivity contribution in [3.63, 3.8) is 0 Å². The molecule has 1 aliphatic rings. The number of ether oxygens (including phenoxy) is 1. The molecular weight excluding hydrogens is 218 g/mol. The van der Waals surface area contributed by atoms with Crippen LogP contribution >= 0.6 is 0 Å². The largest absolute Gasteiger partial charge is 0.493 e. The number of nitrogens with two attached hydrogens (primary N) is 1. The van der Waals surface area contributed by atoms with Crippen molar-refractivity contribution in [1.29, 1.82) is 0 Å². The van der Waals surface area contributed by atoms with Gasteiger partial charge in [0.2, 0.25) is 0 Å². The van der Waals surface area contributed by atoms with E-state index < -0.39 is 0 Å². The number of hydrogen-bond acceptors (Lipinski definition) is 4. The van der Waals surface area contributed by atoms with Crippen molar-refractivity contribution in [2.75, 3.05) is 7.11 Å². The number of ketones is 1. The average molecular weight is 235 g/mol. The summed E-state index contributed by atoms with van der Waals surface area (Å²) in [4.78, 5) is 12.4. The number of allylic oxidation sites excluding steroid dienone is 1. The van der Waals surface area contributed by atoms with Crippen LogP contribution in [0.5, 0.6) is 5.75 Å². The zero-order valence-electron chi connectivity index (χ0n) is 10.1. The summed E-state index contributed by atoms with van der Waals surface area (Å²) in [6.45, 7) is 2.59. The lowest BCUT2D eigenvalue weighted by Crippen LogP contribution is -2.21. The van der Waals surface area contributed by atoms with Gasteiger partial charge in [-0.2, -0.15) is 5.10 Å². The predicted molar refractivity (Wildman–Crippen MR) is 64.0 cm³/mol. The van der Waals surface area contributed by atoms with Gasteiger partial charge < -0.3 is 10.5 Å². The van der Waals surface area contributed by atoms with Crippen molar-refractivity contribution in [2.24, 2.45) is 11.7 Å². The van der Waals surface area contributed by atoms with E-state index >= 15 is 0 Å². The summed E-state index contributed by atoms with van der Waals surface area (Å²) in [7, 11) is 1.55. The summed E-state index contributed by atoms with van der Waals surface area (Å²) in [6.07, 6.45) is 5.99. The summed E-state index contributed by atoms with van der Waals surface area (Å²) in [5, 5.41) is 4.13. The predicted octanol–water partition coefficient (Wildman–Crippen LogP) is 0.998. The van der Waals surface area contributed by atoms with Crippen LogP contribution in [0.15, 0.2) is 18.3 Å². The Kier molecular flexibility index (Phi) is 3.28. The highest BCUT2D eigenvalue weighted by Gasteiger charge is 2.28. The monoisotopic (exact) mass is 235 g/mol. The van der Waals surface area contributed by atoms with Crippen LogP contribution in [0, 0.1) is 5.92 Å². The second kappa shape index (κ2) is 4.71. The van der Waals surface area contributed by atoms with Crippen LogP contribution in [0.4, 0.5) is 0 Å². The van der Waals surface area contributed by atoms with E-state index in [2.05, 4.69) is 5.10 Å². The van der Waals surface area contributed by atoms with E-state index in [1.807, 2.05) is 19.1 Å². The number of methoxy groups -OCH3 is 1. The number of hydrogen-bond donors (Lipinski definition) is 1. The number of nitrogens with zero attached hydrogens (tertiary/aromatic N) is 2. The lowest BCUT2D eigenvalue weighted by atomic mass is 10.00. The molecule has 0 aromatic carbocycles. The van der Waals surface area contributed by atoms with Crippen molar-refractivity contribution in [3.05, 3.63) is 24.0 Å². The minimum absolute atomic E-state index is 0.0204. The highest BCUT2D eigenvalue weighted by atomic mass is 16.5. The molecule has 1 heterocycles. The Bertz CT molecular complexity index is 429. The summed E-state index contributed by atoms with van der Waals surface area (Å²) in [5.74, 6) is 0.414. The third kappa shape index (κ3) is 2.10. The maximum absolute atomic E-state index is 12.4. The van der Waals surface area contributed by atoms with Crippen LogP contribution in [0.3, 0.4) is 0 Å². The molecule has 5 nitrogen and oxygen atoms in total. The zero-order valence-corrected chi connectivity index (χ0v) is 10.1. The van der Waals surface area contributed by atoms with Gasteiger partial charge in [0.15, 0.2) is 11.5 Å². The number of carbonyl (C=O) groups is 1. The Morgan fingerprint density at radius 2 is 2.41 bits per heavy atom. The van der Waals surface area contributed by atoms with E-state index in [0.717, 1.165) is 0 Å². The lowest BCUT2D eigenvalue weighted by Gasteiger charge is -2.11. The molecule has 92 valence electrons. The summed E-state index contributed by atoms with van der Waals surface area (Å²) >= 11 is 0. The second-order valence-electron chi connectivity index (χ2n) is 4.13. The van der Waals surface area contributed by atoms with Gasteiger partial charge in [0.05, 0.1) is 13.3 Å². The number of aromatic nitrogens is 2. The molecule has 0 fully saturated rings. The van der Waals surface area contributed by atoms with E-state index in [1.54, 1.807) is 18.0 Å². The Hall–Kier alpha value is -1.62. The molecule has 0 aliphatic heterocycles. The van der Waals surface area contributed by atoms with Gasteiger partial charge in [-0.25, -0.2) is 0 Å². The summed E-state index contributed by atoms with van der Waals surface area (Å²) in [6, 6.07) is -0.0204. The molecule has 1 aliphatic carbocycles. The minimum Gasteiger partial charge on any atom is -0.493 e. The third-order valence-electron chi connectivity index (χ3n) is 3.01. The van der Waals surface area contributed by atoms with E-state index in [4.69, 9.17) is 10.5 Å². The third-order valence-corrected chi connectivity index (χ3v) is 3.01. The molecule has 0 saturated heterocycles. The van der Waals surface area contributed by atoms with Crippen molar-refractivity contribution in [3.8, 4) is 5.75 Å². The molecule has 0 spiro atoms. The second-order valence-corrected chi connectivity index (χ2v) is 4.13. The summed E-state index contributed by atoms with van der Waals surface area (Å²) < 4.78 is 6.84. The number of carbonyl (C=O) groups excluding carboxylic acids is 1. The molecule has 0 amide bonds. The van der Waals surface area contributed by atoms with E-state index in [-0.39, 0.29) is 17.7 Å². The molecule has 5 heteroatoms. The number of aryl methyl sites for hydroxylation is 1. The van der Waals surface area contributed by atoms with E-state index in [1.165, 1.54) is 0 Å². The molecule has 0 saturated carbocycles. The molecule has 2 N–H and O–H groups in total. The fourth-order valence-corrected chi connectivity index (χ4v) is 2.10. The fraction of sp³-hybridized carbons (Fsp3) is 0.500. The lowest BCUT2D eigenvalue weighted by molar-refractivity contribution is 0.0929. The molecule has 1 aromatic rings. The van der Waals surface area contributed by atoms with E-state index in [0.29, 0.717) is 24.4 Å². The minimum atomic E-state index is -0.152. The molecule has 0 bridgehead atoms. The SMILES string of the molecule is CCn1ncc(OC)c1C(=O)C1C=CC(N)C1. The Balaban J connectivity index is 2.29. The van der Waals surface area contributed by atoms with Crippen LogP contribution in [-0.2, 0) is 6.54 Å². The van der Waals surface area contributed by atoms with E-state index in [9.17, 15) is 4.79 Å². The van der Waals surface area contributed by atoms with Gasteiger partial charge in [0, 0.05) is 18.5 Å². The Labute approximate surface area is 100 Å². The van der Waals surface area contributed by atoms with Gasteiger partial charge in [0.1, 0.15) is 5.69 Å². The number of Topliss-reactive ketones (excluding diaryl/α,β-unsaturated/α-hetero) is 1. The quantitative estimate of drug-likeness (QED) is 0.624. The van der Waals surface area contributed by atoms with Crippen LogP contribution < -0.4 is 10.5 Å². The first kappa shape index (κ1) is 11.9. The number of rotatable bonds is 4. The first-order valence-corrected chi connectivity index (χ1v) is 5.75. The maximum Gasteiger partial charge on any atom is 0.191 e. The van der Waals surface area contributed by atoms with Crippen molar-refractivity contribution in [2.45, 2.75) is 25.9 Å². The Morgan fingerprint density at radius 1 is 1.65 bits per heavy atom. The van der Waals surface area contributed by atoms with Gasteiger partial charge in [-0.05, 0) is 13.3 Å². The molecule has 1 aromatic heterocycles. The summed E-state index contributed by atoms with van der Waals surface area (Å²) in [5.41, 5.74) is 6.31. The molecule has 2 unspecified atom stereocenters. The molecule has 2 atom stereocenters. The maximum atomic E-state index is 12.4. The average Bonchev–Trinajstić information content (AvgIpc) is 2.93. The van der Waals surface area contributed by atoms with Gasteiger partial charge in [-0.3, -0.25) is 9.48 Å². The fourth-order valence-electron chi connectivity index (χ4n) is 2.10. The first-order chi connectivity index (χ1) is 8.17. The molecule has 0 radical (unpaired) electrons. The first-order valence-electron chi connectivity index (χ1n) is 5.75. The van der Waals surface area contributed by atoms with Crippen LogP contribution in [0.25, 0.3) is 0 Å². The van der Waals surface area contributed by atoms with Gasteiger partial charge >= 0.3 is 0 Å². The zero-order chi connectivity index (χ0) is 12.4. The van der Waals surface area contributed by atoms with Crippen molar-refractivity contribution >= 4 is 5.78 Å². The molecule has 17 heavy (non-hydrogen) atoms. The normalized spacial score (nSPS) is 23.0. The molecule has 2 rings (SSSR count). The standard InChI is InChI=1S/C12H17N3O2/c1-3-15-11(10(17-2)7-14-15)12(16)8-4-5-9(13)6-8/h4-5,7-9H,3,6,13H2,1-2H3. The van der Waals surface area contributed by atoms with Crippen molar-refractivity contribution < 1.29 is 9.53 Å². The van der Waals surface area contributed by atoms with Gasteiger partial charge in [-0.15, -0.1) is 0 Å². The van der Waals surface area contributed by atoms with Crippen molar-refractivity contribution in [1.82, 2.24) is 9.78 Å². The Morgan fingerprint density at radius 3 is 2.94 bits per heavy atom.